The van der Waals surface area contributed by atoms with E-state index in [-0.39, 0.29) is 5.92 Å². The standard InChI is InChI=1S/C4H5Cl3OS/c5-4(6)1-3(4)2-9(7)8/h3H,1-2H2. The van der Waals surface area contributed by atoms with E-state index in [1.54, 1.807) is 0 Å². The molecule has 0 aromatic rings. The molecule has 0 heterocycles. The molecule has 5 heteroatoms. The van der Waals surface area contributed by atoms with Crippen LogP contribution in [-0.4, -0.2) is 14.3 Å². The zero-order valence-corrected chi connectivity index (χ0v) is 7.53. The van der Waals surface area contributed by atoms with Crippen LogP contribution in [0, 0.1) is 5.92 Å². The maximum atomic E-state index is 10.3. The number of hydrogen-bond donors (Lipinski definition) is 0. The van der Waals surface area contributed by atoms with Gasteiger partial charge in [-0.05, 0) is 17.1 Å². The van der Waals surface area contributed by atoms with Crippen molar-refractivity contribution in [3.63, 3.8) is 0 Å². The molecule has 0 amide bonds. The lowest BCUT2D eigenvalue weighted by Crippen LogP contribution is -1.98. The Hall–Kier alpha value is 1.02. The van der Waals surface area contributed by atoms with Crippen LogP contribution < -0.4 is 0 Å². The Balaban J connectivity index is 2.28. The molecule has 0 aromatic carbocycles. The van der Waals surface area contributed by atoms with Gasteiger partial charge in [-0.3, -0.25) is 0 Å². The Labute approximate surface area is 70.6 Å². The van der Waals surface area contributed by atoms with Crippen molar-refractivity contribution in [2.75, 3.05) is 5.75 Å². The van der Waals surface area contributed by atoms with E-state index in [9.17, 15) is 4.21 Å². The van der Waals surface area contributed by atoms with Crippen LogP contribution in [0.15, 0.2) is 0 Å². The molecule has 0 aromatic heterocycles. The first-order valence-corrected chi connectivity index (χ1v) is 5.35. The molecular formula is C4H5Cl3OS. The lowest BCUT2D eigenvalue weighted by molar-refractivity contribution is 0.688. The van der Waals surface area contributed by atoms with Crippen molar-refractivity contribution in [3.05, 3.63) is 0 Å². The zero-order chi connectivity index (χ0) is 7.07. The van der Waals surface area contributed by atoms with E-state index in [4.69, 9.17) is 33.9 Å². The first-order chi connectivity index (χ1) is 4.02. The summed E-state index contributed by atoms with van der Waals surface area (Å²) in [5.74, 6) is 0.549. The third kappa shape index (κ3) is 2.26. The van der Waals surface area contributed by atoms with Gasteiger partial charge in [-0.1, -0.05) is 0 Å². The molecule has 0 bridgehead atoms. The molecule has 1 aliphatic rings. The quantitative estimate of drug-likeness (QED) is 0.501. The summed E-state index contributed by atoms with van der Waals surface area (Å²) in [7, 11) is 3.92. The summed E-state index contributed by atoms with van der Waals surface area (Å²) in [5, 5.41) is 0. The summed E-state index contributed by atoms with van der Waals surface area (Å²) < 4.78 is 9.71. The highest BCUT2D eigenvalue weighted by molar-refractivity contribution is 8.08. The molecule has 0 spiro atoms. The second-order valence-corrected chi connectivity index (χ2v) is 5.61. The van der Waals surface area contributed by atoms with Crippen LogP contribution in [0.4, 0.5) is 0 Å². The van der Waals surface area contributed by atoms with Crippen LogP contribution in [0.25, 0.3) is 0 Å². The van der Waals surface area contributed by atoms with Gasteiger partial charge in [-0.2, -0.15) is 0 Å². The number of hydrogen-bond acceptors (Lipinski definition) is 1. The van der Waals surface area contributed by atoms with E-state index in [0.717, 1.165) is 0 Å². The minimum absolute atomic E-state index is 0.138. The molecule has 1 saturated carbocycles. The fraction of sp³-hybridized carbons (Fsp3) is 1.00. The molecule has 1 rings (SSSR count). The van der Waals surface area contributed by atoms with E-state index in [1.807, 2.05) is 0 Å². The number of rotatable bonds is 2. The maximum Gasteiger partial charge on any atom is 0.122 e. The molecule has 0 saturated heterocycles. The Morgan fingerprint density at radius 2 is 2.11 bits per heavy atom. The van der Waals surface area contributed by atoms with Gasteiger partial charge in [0.2, 0.25) is 0 Å². The Bertz CT molecular complexity index is 147. The van der Waals surface area contributed by atoms with E-state index < -0.39 is 14.3 Å². The van der Waals surface area contributed by atoms with E-state index in [2.05, 4.69) is 0 Å². The fourth-order valence-corrected chi connectivity index (χ4v) is 2.49. The predicted molar refractivity (Wildman–Crippen MR) is 41.4 cm³/mol. The Kier molecular flexibility index (Phi) is 2.32. The zero-order valence-electron chi connectivity index (χ0n) is 4.44. The average Bonchev–Trinajstić information content (AvgIpc) is 2.10. The van der Waals surface area contributed by atoms with Crippen molar-refractivity contribution in [1.82, 2.24) is 0 Å². The molecule has 1 nitrogen and oxygen atoms in total. The highest BCUT2D eigenvalue weighted by atomic mass is 35.7. The number of alkyl halides is 2. The van der Waals surface area contributed by atoms with Crippen molar-refractivity contribution < 1.29 is 4.21 Å². The van der Waals surface area contributed by atoms with Gasteiger partial charge in [-0.25, -0.2) is 4.21 Å². The van der Waals surface area contributed by atoms with Gasteiger partial charge in [0.25, 0.3) is 0 Å². The molecule has 0 radical (unpaired) electrons. The third-order valence-corrected chi connectivity index (χ3v) is 3.26. The van der Waals surface area contributed by atoms with Crippen LogP contribution in [0.1, 0.15) is 6.42 Å². The molecule has 1 aliphatic carbocycles. The van der Waals surface area contributed by atoms with Crippen LogP contribution >= 0.6 is 33.9 Å². The molecule has 0 aliphatic heterocycles. The Morgan fingerprint density at radius 3 is 2.22 bits per heavy atom. The summed E-state index contributed by atoms with van der Waals surface area (Å²) in [6.07, 6.45) is 0.717. The van der Waals surface area contributed by atoms with E-state index in [0.29, 0.717) is 12.2 Å². The summed E-state index contributed by atoms with van der Waals surface area (Å²) >= 11 is 11.2. The third-order valence-electron chi connectivity index (χ3n) is 1.29. The van der Waals surface area contributed by atoms with Crippen molar-refractivity contribution in [2.45, 2.75) is 10.8 Å². The van der Waals surface area contributed by atoms with Crippen LogP contribution in [-0.2, 0) is 10.0 Å². The molecule has 9 heavy (non-hydrogen) atoms. The van der Waals surface area contributed by atoms with Crippen molar-refractivity contribution in [2.24, 2.45) is 5.92 Å². The largest absolute Gasteiger partial charge is 0.243 e. The van der Waals surface area contributed by atoms with Crippen LogP contribution in [0.3, 0.4) is 0 Å². The molecule has 2 atom stereocenters. The summed E-state index contributed by atoms with van der Waals surface area (Å²) in [5.41, 5.74) is 0. The van der Waals surface area contributed by atoms with Gasteiger partial charge in [0.15, 0.2) is 0 Å². The van der Waals surface area contributed by atoms with Gasteiger partial charge in [0, 0.05) is 11.7 Å². The van der Waals surface area contributed by atoms with Crippen LogP contribution in [0.5, 0.6) is 0 Å². The van der Waals surface area contributed by atoms with Crippen molar-refractivity contribution in [1.29, 1.82) is 0 Å². The SMILES string of the molecule is O=S(Cl)CC1CC1(Cl)Cl. The Morgan fingerprint density at radius 1 is 1.67 bits per heavy atom. The minimum atomic E-state index is -1.28. The topological polar surface area (TPSA) is 17.1 Å². The second-order valence-electron chi connectivity index (χ2n) is 2.12. The highest BCUT2D eigenvalue weighted by Crippen LogP contribution is 2.53. The van der Waals surface area contributed by atoms with Gasteiger partial charge in [-0.15, -0.1) is 23.2 Å². The predicted octanol–water partition coefficient (Wildman–Crippen LogP) is 2.08. The van der Waals surface area contributed by atoms with Gasteiger partial charge < -0.3 is 0 Å². The number of halogens is 3. The first kappa shape index (κ1) is 8.12. The summed E-state index contributed by atoms with van der Waals surface area (Å²) in [6, 6.07) is 0. The molecule has 54 valence electrons. The molecule has 2 unspecified atom stereocenters. The monoisotopic (exact) mass is 206 g/mol. The average molecular weight is 208 g/mol. The smallest absolute Gasteiger partial charge is 0.122 e. The van der Waals surface area contributed by atoms with Crippen molar-refractivity contribution in [3.8, 4) is 0 Å². The van der Waals surface area contributed by atoms with E-state index >= 15 is 0 Å². The second kappa shape index (κ2) is 2.57. The molecule has 1 fully saturated rings. The summed E-state index contributed by atoms with van der Waals surface area (Å²) in [4.78, 5) is 0. The van der Waals surface area contributed by atoms with Gasteiger partial charge >= 0.3 is 0 Å². The lowest BCUT2D eigenvalue weighted by Gasteiger charge is -1.92. The molecular weight excluding hydrogens is 202 g/mol. The normalized spacial score (nSPS) is 33.9. The lowest BCUT2D eigenvalue weighted by atomic mass is 10.5. The highest BCUT2D eigenvalue weighted by Gasteiger charge is 2.51. The first-order valence-electron chi connectivity index (χ1n) is 2.45. The van der Waals surface area contributed by atoms with Crippen molar-refractivity contribution >= 4 is 43.9 Å². The van der Waals surface area contributed by atoms with Gasteiger partial charge in [0.1, 0.15) is 14.3 Å². The fourth-order valence-electron chi connectivity index (χ4n) is 0.609. The van der Waals surface area contributed by atoms with Gasteiger partial charge in [0.05, 0.1) is 0 Å². The molecule has 0 N–H and O–H groups in total. The minimum Gasteiger partial charge on any atom is -0.243 e. The van der Waals surface area contributed by atoms with Crippen LogP contribution in [0.2, 0.25) is 0 Å². The maximum absolute atomic E-state index is 10.3. The van der Waals surface area contributed by atoms with E-state index in [1.165, 1.54) is 0 Å². The summed E-state index contributed by atoms with van der Waals surface area (Å²) in [6.45, 7) is 0.